The molecule has 2 heterocycles. The zero-order chi connectivity index (χ0) is 20.9. The van der Waals surface area contributed by atoms with Crippen molar-refractivity contribution in [3.8, 4) is 11.4 Å². The number of hydrogen-bond acceptors (Lipinski definition) is 7. The predicted octanol–water partition coefficient (Wildman–Crippen LogP) is 3.50. The molecule has 2 N–H and O–H groups in total. The van der Waals surface area contributed by atoms with Crippen LogP contribution in [0.25, 0.3) is 11.4 Å². The van der Waals surface area contributed by atoms with Crippen molar-refractivity contribution in [1.29, 1.82) is 0 Å². The number of unbranched alkanes of at least 4 members (excludes halogenated alkanes) is 2. The van der Waals surface area contributed by atoms with Crippen molar-refractivity contribution in [2.75, 3.05) is 6.54 Å². The van der Waals surface area contributed by atoms with Crippen molar-refractivity contribution in [2.45, 2.75) is 37.5 Å². The summed E-state index contributed by atoms with van der Waals surface area (Å²) in [5.74, 6) is -0.145. The van der Waals surface area contributed by atoms with Crippen LogP contribution in [-0.2, 0) is 16.4 Å². The Hall–Kier alpha value is -2.56. The molecule has 3 aromatic rings. The third kappa shape index (κ3) is 5.49. The van der Waals surface area contributed by atoms with Gasteiger partial charge < -0.3 is 9.63 Å². The van der Waals surface area contributed by atoms with Crippen LogP contribution in [-0.4, -0.2) is 36.2 Å². The fourth-order valence-electron chi connectivity index (χ4n) is 2.70. The average molecular weight is 436 g/mol. The van der Waals surface area contributed by atoms with E-state index in [9.17, 15) is 13.2 Å². The number of thiophene rings is 1. The average Bonchev–Trinajstić information content (AvgIpc) is 3.35. The molecule has 1 aromatic carbocycles. The van der Waals surface area contributed by atoms with Crippen LogP contribution in [0.15, 0.2) is 45.1 Å². The van der Waals surface area contributed by atoms with Crippen molar-refractivity contribution >= 4 is 27.3 Å². The van der Waals surface area contributed by atoms with Gasteiger partial charge in [-0.05, 0) is 31.2 Å². The first-order valence-electron chi connectivity index (χ1n) is 9.07. The summed E-state index contributed by atoms with van der Waals surface area (Å²) in [6.45, 7) is 2.24. The van der Waals surface area contributed by atoms with Gasteiger partial charge >= 0.3 is 5.97 Å². The fraction of sp³-hybridized carbons (Fsp3) is 0.316. The highest BCUT2D eigenvalue weighted by Crippen LogP contribution is 2.22. The molecule has 0 saturated carbocycles. The molecule has 0 aliphatic rings. The van der Waals surface area contributed by atoms with Gasteiger partial charge in [0.1, 0.15) is 9.77 Å². The SMILES string of the molecule is Cc1ccc(-c2noc(CCCCCNS(=O)(=O)c3ccsc3C(=O)O)n2)cc1. The van der Waals surface area contributed by atoms with Crippen LogP contribution >= 0.6 is 11.3 Å². The van der Waals surface area contributed by atoms with Crippen LogP contribution in [0, 0.1) is 6.92 Å². The number of nitrogens with zero attached hydrogens (tertiary/aromatic N) is 2. The smallest absolute Gasteiger partial charge is 0.347 e. The van der Waals surface area contributed by atoms with Gasteiger partial charge in [-0.3, -0.25) is 0 Å². The largest absolute Gasteiger partial charge is 0.477 e. The second-order valence-electron chi connectivity index (χ2n) is 6.51. The van der Waals surface area contributed by atoms with Gasteiger partial charge in [0, 0.05) is 18.5 Å². The molecule has 0 aliphatic carbocycles. The summed E-state index contributed by atoms with van der Waals surface area (Å²) in [5.41, 5.74) is 2.06. The molecule has 3 rings (SSSR count). The van der Waals surface area contributed by atoms with E-state index in [2.05, 4.69) is 14.9 Å². The zero-order valence-corrected chi connectivity index (χ0v) is 17.4. The molecule has 0 amide bonds. The number of aromatic nitrogens is 2. The highest BCUT2D eigenvalue weighted by Gasteiger charge is 2.23. The monoisotopic (exact) mass is 435 g/mol. The molecule has 0 saturated heterocycles. The summed E-state index contributed by atoms with van der Waals surface area (Å²) in [7, 11) is -3.82. The Morgan fingerprint density at radius 1 is 1.17 bits per heavy atom. The number of rotatable bonds is 10. The fourth-order valence-corrected chi connectivity index (χ4v) is 5.04. The lowest BCUT2D eigenvalue weighted by Crippen LogP contribution is -2.25. The Balaban J connectivity index is 1.42. The van der Waals surface area contributed by atoms with E-state index >= 15 is 0 Å². The molecule has 0 radical (unpaired) electrons. The highest BCUT2D eigenvalue weighted by atomic mass is 32.2. The Kier molecular flexibility index (Phi) is 6.78. The summed E-state index contributed by atoms with van der Waals surface area (Å²) in [5, 5.41) is 14.5. The molecule has 0 atom stereocenters. The van der Waals surface area contributed by atoms with E-state index in [-0.39, 0.29) is 16.3 Å². The molecular weight excluding hydrogens is 414 g/mol. The van der Waals surface area contributed by atoms with Crippen LogP contribution in [0.1, 0.15) is 40.4 Å². The number of hydrogen-bond donors (Lipinski definition) is 2. The Labute approximate surface area is 172 Å². The quantitative estimate of drug-likeness (QED) is 0.467. The molecule has 0 bridgehead atoms. The number of sulfonamides is 1. The maximum Gasteiger partial charge on any atom is 0.347 e. The number of aromatic carboxylic acids is 1. The summed E-state index contributed by atoms with van der Waals surface area (Å²) in [6, 6.07) is 9.17. The number of carboxylic acid groups (broad SMARTS) is 1. The number of carboxylic acids is 1. The summed E-state index contributed by atoms with van der Waals surface area (Å²) < 4.78 is 32.2. The van der Waals surface area contributed by atoms with Gasteiger partial charge in [0.2, 0.25) is 21.7 Å². The molecule has 0 fully saturated rings. The van der Waals surface area contributed by atoms with Crippen molar-refractivity contribution in [3.63, 3.8) is 0 Å². The Morgan fingerprint density at radius 2 is 1.93 bits per heavy atom. The Bertz CT molecular complexity index is 1070. The van der Waals surface area contributed by atoms with Gasteiger partial charge in [-0.2, -0.15) is 4.98 Å². The van der Waals surface area contributed by atoms with E-state index in [1.807, 2.05) is 31.2 Å². The summed E-state index contributed by atoms with van der Waals surface area (Å²) in [6.07, 6.45) is 2.76. The Morgan fingerprint density at radius 3 is 2.66 bits per heavy atom. The van der Waals surface area contributed by atoms with E-state index in [1.165, 1.54) is 11.4 Å². The lowest BCUT2D eigenvalue weighted by molar-refractivity contribution is 0.0698. The zero-order valence-electron chi connectivity index (χ0n) is 15.8. The first-order valence-corrected chi connectivity index (χ1v) is 11.4. The molecule has 0 aliphatic heterocycles. The van der Waals surface area contributed by atoms with Gasteiger partial charge in [-0.1, -0.05) is 41.4 Å². The highest BCUT2D eigenvalue weighted by molar-refractivity contribution is 7.89. The molecular formula is C19H21N3O5S2. The number of carbonyl (C=O) groups is 1. The number of aryl methyl sites for hydroxylation is 2. The van der Waals surface area contributed by atoms with Gasteiger partial charge in [0.05, 0.1) is 0 Å². The van der Waals surface area contributed by atoms with E-state index < -0.39 is 16.0 Å². The van der Waals surface area contributed by atoms with E-state index in [1.54, 1.807) is 0 Å². The third-order valence-electron chi connectivity index (χ3n) is 4.25. The van der Waals surface area contributed by atoms with Crippen LogP contribution in [0.4, 0.5) is 0 Å². The van der Waals surface area contributed by atoms with Crippen molar-refractivity contribution in [1.82, 2.24) is 14.9 Å². The van der Waals surface area contributed by atoms with Gasteiger partial charge in [-0.25, -0.2) is 17.9 Å². The third-order valence-corrected chi connectivity index (χ3v) is 6.79. The topological polar surface area (TPSA) is 122 Å². The predicted molar refractivity (Wildman–Crippen MR) is 108 cm³/mol. The van der Waals surface area contributed by atoms with Crippen molar-refractivity contribution in [2.24, 2.45) is 0 Å². The minimum Gasteiger partial charge on any atom is -0.477 e. The lowest BCUT2D eigenvalue weighted by atomic mass is 10.1. The maximum absolute atomic E-state index is 12.2. The normalized spacial score (nSPS) is 11.6. The van der Waals surface area contributed by atoms with Crippen LogP contribution in [0.3, 0.4) is 0 Å². The van der Waals surface area contributed by atoms with Crippen LogP contribution in [0.2, 0.25) is 0 Å². The molecule has 0 unspecified atom stereocenters. The number of nitrogens with one attached hydrogen (secondary N) is 1. The van der Waals surface area contributed by atoms with E-state index in [0.717, 1.165) is 35.3 Å². The van der Waals surface area contributed by atoms with Crippen molar-refractivity contribution in [3.05, 3.63) is 52.0 Å². The first-order chi connectivity index (χ1) is 13.9. The summed E-state index contributed by atoms with van der Waals surface area (Å²) in [4.78, 5) is 15.1. The van der Waals surface area contributed by atoms with E-state index in [4.69, 9.17) is 9.63 Å². The lowest BCUT2D eigenvalue weighted by Gasteiger charge is -2.06. The summed E-state index contributed by atoms with van der Waals surface area (Å²) >= 11 is 0.888. The molecule has 154 valence electrons. The van der Waals surface area contributed by atoms with Crippen LogP contribution < -0.4 is 4.72 Å². The minimum atomic E-state index is -3.82. The minimum absolute atomic E-state index is 0.182. The van der Waals surface area contributed by atoms with Crippen LogP contribution in [0.5, 0.6) is 0 Å². The molecule has 29 heavy (non-hydrogen) atoms. The van der Waals surface area contributed by atoms with Gasteiger partial charge in [-0.15, -0.1) is 11.3 Å². The molecule has 8 nitrogen and oxygen atoms in total. The molecule has 0 spiro atoms. The van der Waals surface area contributed by atoms with Gasteiger partial charge in [0.15, 0.2) is 0 Å². The first kappa shape index (κ1) is 21.2. The van der Waals surface area contributed by atoms with E-state index in [0.29, 0.717) is 24.6 Å². The second-order valence-corrected chi connectivity index (χ2v) is 9.16. The standard InChI is InChI=1S/C19H21N3O5S2/c1-13-6-8-14(9-7-13)18-21-16(27-22-18)5-3-2-4-11-20-29(25,26)15-10-12-28-17(15)19(23)24/h6-10,12,20H,2-5,11H2,1H3,(H,23,24). The second kappa shape index (κ2) is 9.29. The van der Waals surface area contributed by atoms with Crippen molar-refractivity contribution < 1.29 is 22.8 Å². The van der Waals surface area contributed by atoms with Gasteiger partial charge in [0.25, 0.3) is 0 Å². The maximum atomic E-state index is 12.2. The molecule has 2 aromatic heterocycles. The molecule has 10 heteroatoms. The number of benzene rings is 1.